The summed E-state index contributed by atoms with van der Waals surface area (Å²) >= 11 is 0. The first-order valence-electron chi connectivity index (χ1n) is 9.36. The van der Waals surface area contributed by atoms with Crippen molar-refractivity contribution in [1.29, 1.82) is 0 Å². The summed E-state index contributed by atoms with van der Waals surface area (Å²) in [5.41, 5.74) is 0. The maximum absolute atomic E-state index is 9.06. The minimum atomic E-state index is -0.767. The monoisotopic (exact) mass is 314 g/mol. The molecule has 1 atom stereocenters. The summed E-state index contributed by atoms with van der Waals surface area (Å²) in [6.45, 7) is 2.20. The molecule has 0 radical (unpaired) electrons. The molecule has 0 amide bonds. The fourth-order valence-electron chi connectivity index (χ4n) is 2.46. The molecule has 0 aliphatic carbocycles. The van der Waals surface area contributed by atoms with Gasteiger partial charge in [0.15, 0.2) is 0 Å². The molecule has 0 spiro atoms. The van der Waals surface area contributed by atoms with Crippen molar-refractivity contribution >= 4 is 0 Å². The van der Waals surface area contributed by atoms with Crippen LogP contribution in [-0.4, -0.2) is 29.5 Å². The molecule has 0 saturated heterocycles. The molecule has 1 unspecified atom stereocenters. The fourth-order valence-corrected chi connectivity index (χ4v) is 2.46. The highest BCUT2D eigenvalue weighted by atomic mass is 16.5. The molecule has 0 aromatic heterocycles. The Morgan fingerprint density at radius 2 is 1.32 bits per heavy atom. The highest BCUT2D eigenvalue weighted by Crippen LogP contribution is 2.12. The standard InChI is InChI=1S/C19H38O3/c1-2-3-4-5-6-7-8-9-10-11-12-13-14-15-16-22-18-19(21)17-20/h15-16,19-21H,2-14,17-18H2,1H3. The van der Waals surface area contributed by atoms with Crippen molar-refractivity contribution in [2.24, 2.45) is 0 Å². The summed E-state index contributed by atoms with van der Waals surface area (Å²) in [6.07, 6.45) is 20.4. The number of aliphatic hydroxyl groups excluding tert-OH is 2. The number of ether oxygens (including phenoxy) is 1. The second-order valence-electron chi connectivity index (χ2n) is 6.22. The van der Waals surface area contributed by atoms with E-state index in [1.165, 1.54) is 77.0 Å². The Hall–Kier alpha value is -0.540. The van der Waals surface area contributed by atoms with Gasteiger partial charge in [0.05, 0.1) is 12.9 Å². The number of hydrogen-bond acceptors (Lipinski definition) is 3. The van der Waals surface area contributed by atoms with E-state index >= 15 is 0 Å². The van der Waals surface area contributed by atoms with Crippen LogP contribution in [0.2, 0.25) is 0 Å². The molecule has 0 aliphatic heterocycles. The van der Waals surface area contributed by atoms with E-state index in [1.54, 1.807) is 6.26 Å². The third-order valence-electron chi connectivity index (χ3n) is 3.92. The Labute approximate surface area is 137 Å². The van der Waals surface area contributed by atoms with Gasteiger partial charge in [-0.25, -0.2) is 0 Å². The zero-order chi connectivity index (χ0) is 16.3. The Morgan fingerprint density at radius 3 is 1.82 bits per heavy atom. The second-order valence-corrected chi connectivity index (χ2v) is 6.22. The molecule has 2 N–H and O–H groups in total. The zero-order valence-corrected chi connectivity index (χ0v) is 14.6. The van der Waals surface area contributed by atoms with Crippen LogP contribution in [0.15, 0.2) is 12.3 Å². The van der Waals surface area contributed by atoms with Gasteiger partial charge in [0.1, 0.15) is 12.7 Å². The number of hydrogen-bond donors (Lipinski definition) is 2. The van der Waals surface area contributed by atoms with E-state index in [1.807, 2.05) is 6.08 Å². The van der Waals surface area contributed by atoms with Crippen molar-refractivity contribution in [1.82, 2.24) is 0 Å². The van der Waals surface area contributed by atoms with Crippen LogP contribution in [0.5, 0.6) is 0 Å². The lowest BCUT2D eigenvalue weighted by molar-refractivity contribution is 0.0383. The second kappa shape index (κ2) is 18.5. The summed E-state index contributed by atoms with van der Waals surface area (Å²) < 4.78 is 5.10. The minimum Gasteiger partial charge on any atom is -0.499 e. The molecule has 0 saturated carbocycles. The Morgan fingerprint density at radius 1 is 0.818 bits per heavy atom. The van der Waals surface area contributed by atoms with Gasteiger partial charge in [0.25, 0.3) is 0 Å². The van der Waals surface area contributed by atoms with Gasteiger partial charge in [-0.3, -0.25) is 0 Å². The average molecular weight is 315 g/mol. The van der Waals surface area contributed by atoms with Crippen LogP contribution in [0.4, 0.5) is 0 Å². The molecule has 0 fully saturated rings. The van der Waals surface area contributed by atoms with Crippen LogP contribution in [0, 0.1) is 0 Å². The third-order valence-corrected chi connectivity index (χ3v) is 3.92. The van der Waals surface area contributed by atoms with Gasteiger partial charge in [-0.15, -0.1) is 0 Å². The van der Waals surface area contributed by atoms with Gasteiger partial charge in [-0.1, -0.05) is 77.6 Å². The third kappa shape index (κ3) is 17.5. The highest BCUT2D eigenvalue weighted by molar-refractivity contribution is 4.73. The maximum Gasteiger partial charge on any atom is 0.115 e. The number of unbranched alkanes of at least 4 members (excludes halogenated alkanes) is 12. The summed E-state index contributed by atoms with van der Waals surface area (Å²) in [6, 6.07) is 0. The molecule has 0 heterocycles. The van der Waals surface area contributed by atoms with Crippen molar-refractivity contribution in [3.8, 4) is 0 Å². The molecule has 132 valence electrons. The topological polar surface area (TPSA) is 49.7 Å². The predicted molar refractivity (Wildman–Crippen MR) is 93.9 cm³/mol. The van der Waals surface area contributed by atoms with Gasteiger partial charge in [-0.05, 0) is 18.9 Å². The van der Waals surface area contributed by atoms with E-state index in [-0.39, 0.29) is 13.2 Å². The number of allylic oxidation sites excluding steroid dienone is 1. The molecule has 0 aliphatic rings. The van der Waals surface area contributed by atoms with Crippen LogP contribution < -0.4 is 0 Å². The number of rotatable bonds is 17. The Kier molecular flexibility index (Phi) is 18.1. The Balaban J connectivity index is 3.06. The van der Waals surface area contributed by atoms with Gasteiger partial charge in [-0.2, -0.15) is 0 Å². The lowest BCUT2D eigenvalue weighted by Gasteiger charge is -2.05. The van der Waals surface area contributed by atoms with Gasteiger partial charge in [0, 0.05) is 0 Å². The lowest BCUT2D eigenvalue weighted by Crippen LogP contribution is -2.17. The normalized spacial score (nSPS) is 12.9. The molecular weight excluding hydrogens is 276 g/mol. The predicted octanol–water partition coefficient (Wildman–Crippen LogP) is 4.96. The van der Waals surface area contributed by atoms with Crippen LogP contribution in [-0.2, 0) is 4.74 Å². The van der Waals surface area contributed by atoms with E-state index in [2.05, 4.69) is 6.92 Å². The molecule has 3 heteroatoms. The van der Waals surface area contributed by atoms with Crippen molar-refractivity contribution in [3.05, 3.63) is 12.3 Å². The summed E-state index contributed by atoms with van der Waals surface area (Å²) in [4.78, 5) is 0. The first kappa shape index (κ1) is 21.5. The smallest absolute Gasteiger partial charge is 0.115 e. The van der Waals surface area contributed by atoms with E-state index in [9.17, 15) is 0 Å². The molecular formula is C19H38O3. The van der Waals surface area contributed by atoms with Crippen molar-refractivity contribution in [2.75, 3.05) is 13.2 Å². The average Bonchev–Trinajstić information content (AvgIpc) is 2.54. The van der Waals surface area contributed by atoms with E-state index < -0.39 is 6.10 Å². The van der Waals surface area contributed by atoms with E-state index in [4.69, 9.17) is 14.9 Å². The van der Waals surface area contributed by atoms with Crippen molar-refractivity contribution < 1.29 is 14.9 Å². The number of aliphatic hydroxyl groups is 2. The molecule has 0 aromatic rings. The fraction of sp³-hybridized carbons (Fsp3) is 0.895. The van der Waals surface area contributed by atoms with Gasteiger partial charge >= 0.3 is 0 Å². The molecule has 0 bridgehead atoms. The minimum absolute atomic E-state index is 0.172. The largest absolute Gasteiger partial charge is 0.499 e. The van der Waals surface area contributed by atoms with Gasteiger partial charge in [0.2, 0.25) is 0 Å². The first-order valence-corrected chi connectivity index (χ1v) is 9.36. The maximum atomic E-state index is 9.06. The summed E-state index contributed by atoms with van der Waals surface area (Å²) in [7, 11) is 0. The molecule has 0 rings (SSSR count). The SMILES string of the molecule is CCCCCCCCCCCCCCC=COCC(O)CO. The van der Waals surface area contributed by atoms with E-state index in [0.29, 0.717) is 0 Å². The molecule has 22 heavy (non-hydrogen) atoms. The first-order chi connectivity index (χ1) is 10.8. The quantitative estimate of drug-likeness (QED) is 0.295. The lowest BCUT2D eigenvalue weighted by atomic mass is 10.0. The van der Waals surface area contributed by atoms with Crippen LogP contribution >= 0.6 is 0 Å². The summed E-state index contributed by atoms with van der Waals surface area (Å²) in [5.74, 6) is 0. The highest BCUT2D eigenvalue weighted by Gasteiger charge is 1.98. The molecule has 0 aromatic carbocycles. The van der Waals surface area contributed by atoms with E-state index in [0.717, 1.165) is 6.42 Å². The van der Waals surface area contributed by atoms with Crippen molar-refractivity contribution in [2.45, 2.75) is 96.5 Å². The van der Waals surface area contributed by atoms with Gasteiger partial charge < -0.3 is 14.9 Å². The zero-order valence-electron chi connectivity index (χ0n) is 14.6. The Bertz CT molecular complexity index is 229. The van der Waals surface area contributed by atoms with Crippen molar-refractivity contribution in [3.63, 3.8) is 0 Å². The van der Waals surface area contributed by atoms with Crippen LogP contribution in [0.1, 0.15) is 90.4 Å². The van der Waals surface area contributed by atoms with Crippen LogP contribution in [0.3, 0.4) is 0 Å². The van der Waals surface area contributed by atoms with Crippen LogP contribution in [0.25, 0.3) is 0 Å². The molecule has 3 nitrogen and oxygen atoms in total. The summed E-state index contributed by atoms with van der Waals surface area (Å²) in [5, 5.41) is 17.7.